The SMILES string of the molecule is Clc1ccc(C2NCCc3ccsc32)cc1. The maximum Gasteiger partial charge on any atom is 0.0673 e. The molecule has 3 rings (SSSR count). The summed E-state index contributed by atoms with van der Waals surface area (Å²) in [5.41, 5.74) is 2.79. The lowest BCUT2D eigenvalue weighted by molar-refractivity contribution is 0.578. The van der Waals surface area contributed by atoms with Crippen LogP contribution in [0.2, 0.25) is 5.02 Å². The monoisotopic (exact) mass is 249 g/mol. The number of hydrogen-bond donors (Lipinski definition) is 1. The summed E-state index contributed by atoms with van der Waals surface area (Å²) >= 11 is 7.75. The first-order chi connectivity index (χ1) is 7.84. The van der Waals surface area contributed by atoms with Gasteiger partial charge < -0.3 is 5.32 Å². The summed E-state index contributed by atoms with van der Waals surface area (Å²) in [6, 6.07) is 10.7. The molecule has 1 aliphatic rings. The Bertz CT molecular complexity index is 489. The van der Waals surface area contributed by atoms with Gasteiger partial charge in [0.05, 0.1) is 6.04 Å². The number of nitrogens with one attached hydrogen (secondary N) is 1. The minimum absolute atomic E-state index is 0.348. The Labute approximate surface area is 104 Å². The second kappa shape index (κ2) is 4.21. The van der Waals surface area contributed by atoms with Crippen LogP contribution in [0, 0.1) is 0 Å². The molecular weight excluding hydrogens is 238 g/mol. The van der Waals surface area contributed by atoms with Gasteiger partial charge in [-0.3, -0.25) is 0 Å². The van der Waals surface area contributed by atoms with Gasteiger partial charge in [-0.05, 0) is 41.1 Å². The van der Waals surface area contributed by atoms with E-state index in [2.05, 4.69) is 28.9 Å². The zero-order valence-corrected chi connectivity index (χ0v) is 10.3. The normalized spacial score (nSPS) is 19.4. The smallest absolute Gasteiger partial charge is 0.0673 e. The molecule has 16 heavy (non-hydrogen) atoms. The van der Waals surface area contributed by atoms with E-state index in [4.69, 9.17) is 11.6 Å². The first kappa shape index (κ1) is 10.3. The molecule has 1 aliphatic heterocycles. The van der Waals surface area contributed by atoms with Gasteiger partial charge in [0.2, 0.25) is 0 Å². The maximum atomic E-state index is 5.91. The van der Waals surface area contributed by atoms with Crippen molar-refractivity contribution in [2.45, 2.75) is 12.5 Å². The molecule has 0 saturated carbocycles. The van der Waals surface area contributed by atoms with Gasteiger partial charge in [0.1, 0.15) is 0 Å². The highest BCUT2D eigenvalue weighted by atomic mass is 35.5. The van der Waals surface area contributed by atoms with Crippen molar-refractivity contribution in [3.63, 3.8) is 0 Å². The summed E-state index contributed by atoms with van der Waals surface area (Å²) in [4.78, 5) is 1.45. The highest BCUT2D eigenvalue weighted by Crippen LogP contribution is 2.33. The topological polar surface area (TPSA) is 12.0 Å². The molecule has 1 aromatic carbocycles. The molecule has 1 nitrogen and oxygen atoms in total. The quantitative estimate of drug-likeness (QED) is 0.814. The van der Waals surface area contributed by atoms with Gasteiger partial charge in [-0.25, -0.2) is 0 Å². The van der Waals surface area contributed by atoms with Gasteiger partial charge in [-0.1, -0.05) is 23.7 Å². The van der Waals surface area contributed by atoms with Crippen LogP contribution in [0.5, 0.6) is 0 Å². The fourth-order valence-corrected chi connectivity index (χ4v) is 3.36. The zero-order valence-electron chi connectivity index (χ0n) is 8.74. The van der Waals surface area contributed by atoms with E-state index in [1.165, 1.54) is 16.0 Å². The molecule has 0 aliphatic carbocycles. The van der Waals surface area contributed by atoms with E-state index in [0.29, 0.717) is 6.04 Å². The summed E-state index contributed by atoms with van der Waals surface area (Å²) in [5.74, 6) is 0. The van der Waals surface area contributed by atoms with Crippen LogP contribution in [0.1, 0.15) is 22.0 Å². The van der Waals surface area contributed by atoms with Crippen LogP contribution < -0.4 is 5.32 Å². The molecule has 0 bridgehead atoms. The first-order valence-corrected chi connectivity index (χ1v) is 6.65. The summed E-state index contributed by atoms with van der Waals surface area (Å²) in [5, 5.41) is 6.54. The fraction of sp³-hybridized carbons (Fsp3) is 0.231. The molecule has 2 heterocycles. The molecule has 1 unspecified atom stereocenters. The maximum absolute atomic E-state index is 5.91. The molecule has 0 amide bonds. The molecule has 0 saturated heterocycles. The first-order valence-electron chi connectivity index (χ1n) is 5.40. The molecule has 3 heteroatoms. The van der Waals surface area contributed by atoms with Crippen LogP contribution in [-0.4, -0.2) is 6.54 Å². The number of benzene rings is 1. The number of rotatable bonds is 1. The molecule has 0 radical (unpaired) electrons. The summed E-state index contributed by atoms with van der Waals surface area (Å²) in [7, 11) is 0. The minimum atomic E-state index is 0.348. The minimum Gasteiger partial charge on any atom is -0.305 e. The molecule has 82 valence electrons. The Morgan fingerprint density at radius 3 is 2.81 bits per heavy atom. The van der Waals surface area contributed by atoms with Crippen molar-refractivity contribution in [3.05, 3.63) is 56.7 Å². The lowest BCUT2D eigenvalue weighted by Crippen LogP contribution is -2.29. The third kappa shape index (κ3) is 1.77. The highest BCUT2D eigenvalue weighted by molar-refractivity contribution is 7.10. The van der Waals surface area contributed by atoms with Gasteiger partial charge in [0.25, 0.3) is 0 Å². The second-order valence-electron chi connectivity index (χ2n) is 4.00. The summed E-state index contributed by atoms with van der Waals surface area (Å²) in [6.07, 6.45) is 1.14. The lowest BCUT2D eigenvalue weighted by Gasteiger charge is -2.24. The molecular formula is C13H12ClNS. The van der Waals surface area contributed by atoms with E-state index in [1.807, 2.05) is 23.5 Å². The molecule has 1 N–H and O–H groups in total. The molecule has 1 atom stereocenters. The van der Waals surface area contributed by atoms with E-state index >= 15 is 0 Å². The van der Waals surface area contributed by atoms with Crippen LogP contribution in [0.15, 0.2) is 35.7 Å². The molecule has 2 aromatic rings. The van der Waals surface area contributed by atoms with E-state index in [9.17, 15) is 0 Å². The predicted octanol–water partition coefficient (Wildman–Crippen LogP) is 3.64. The fourth-order valence-electron chi connectivity index (χ4n) is 2.18. The highest BCUT2D eigenvalue weighted by Gasteiger charge is 2.21. The number of halogens is 1. The van der Waals surface area contributed by atoms with Gasteiger partial charge in [-0.15, -0.1) is 11.3 Å². The van der Waals surface area contributed by atoms with Crippen molar-refractivity contribution in [1.82, 2.24) is 5.32 Å². The van der Waals surface area contributed by atoms with Crippen molar-refractivity contribution in [2.75, 3.05) is 6.54 Å². The molecule has 0 fully saturated rings. The Morgan fingerprint density at radius 1 is 1.19 bits per heavy atom. The van der Waals surface area contributed by atoms with Crippen molar-refractivity contribution < 1.29 is 0 Å². The number of thiophene rings is 1. The molecule has 0 spiro atoms. The summed E-state index contributed by atoms with van der Waals surface area (Å²) in [6.45, 7) is 1.05. The third-order valence-corrected chi connectivity index (χ3v) is 4.27. The van der Waals surface area contributed by atoms with E-state index in [-0.39, 0.29) is 0 Å². The summed E-state index contributed by atoms with van der Waals surface area (Å²) < 4.78 is 0. The van der Waals surface area contributed by atoms with E-state index in [1.54, 1.807) is 0 Å². The lowest BCUT2D eigenvalue weighted by atomic mass is 9.98. The van der Waals surface area contributed by atoms with E-state index < -0.39 is 0 Å². The van der Waals surface area contributed by atoms with Crippen molar-refractivity contribution >= 4 is 22.9 Å². The number of hydrogen-bond acceptors (Lipinski definition) is 2. The largest absolute Gasteiger partial charge is 0.305 e. The van der Waals surface area contributed by atoms with Crippen LogP contribution in [0.25, 0.3) is 0 Å². The average molecular weight is 250 g/mol. The van der Waals surface area contributed by atoms with Crippen LogP contribution in [-0.2, 0) is 6.42 Å². The van der Waals surface area contributed by atoms with Crippen molar-refractivity contribution in [2.24, 2.45) is 0 Å². The third-order valence-electron chi connectivity index (χ3n) is 2.99. The van der Waals surface area contributed by atoms with Crippen LogP contribution in [0.4, 0.5) is 0 Å². The van der Waals surface area contributed by atoms with Gasteiger partial charge >= 0.3 is 0 Å². The number of fused-ring (bicyclic) bond motifs is 1. The standard InChI is InChI=1S/C13H12ClNS/c14-11-3-1-9(2-4-11)12-13-10(5-7-15-12)6-8-16-13/h1-4,6,8,12,15H,5,7H2. The average Bonchev–Trinajstić information content (AvgIpc) is 2.78. The van der Waals surface area contributed by atoms with Crippen molar-refractivity contribution in [1.29, 1.82) is 0 Å². The second-order valence-corrected chi connectivity index (χ2v) is 5.38. The zero-order chi connectivity index (χ0) is 11.0. The van der Waals surface area contributed by atoms with Gasteiger partial charge in [-0.2, -0.15) is 0 Å². The predicted molar refractivity (Wildman–Crippen MR) is 69.3 cm³/mol. The van der Waals surface area contributed by atoms with Crippen LogP contribution >= 0.6 is 22.9 Å². The Morgan fingerprint density at radius 2 is 2.00 bits per heavy atom. The Balaban J connectivity index is 2.00. The molecule has 1 aromatic heterocycles. The van der Waals surface area contributed by atoms with Crippen LogP contribution in [0.3, 0.4) is 0 Å². The van der Waals surface area contributed by atoms with Gasteiger partial charge in [0, 0.05) is 16.4 Å². The van der Waals surface area contributed by atoms with Gasteiger partial charge in [0.15, 0.2) is 0 Å². The van der Waals surface area contributed by atoms with Crippen molar-refractivity contribution in [3.8, 4) is 0 Å². The Kier molecular flexibility index (Phi) is 2.72. The van der Waals surface area contributed by atoms with E-state index in [0.717, 1.165) is 18.0 Å². The Hall–Kier alpha value is -0.830.